The molecule has 1 fully saturated rings. The minimum atomic E-state index is -3.74. The van der Waals surface area contributed by atoms with Crippen LogP contribution in [0.25, 0.3) is 0 Å². The number of carbonyl (C=O) groups excluding carboxylic acids is 1. The fraction of sp³-hybridized carbons (Fsp3) is 0.364. The number of rotatable bonds is 1. The number of ether oxygens (including phenoxy) is 1. The van der Waals surface area contributed by atoms with Crippen molar-refractivity contribution in [3.8, 4) is 0 Å². The summed E-state index contributed by atoms with van der Waals surface area (Å²) in [4.78, 5) is 12.3. The molecule has 0 saturated carbocycles. The Morgan fingerprint density at radius 1 is 1.11 bits per heavy atom. The van der Waals surface area contributed by atoms with Gasteiger partial charge in [-0.1, -0.05) is 12.1 Å². The zero-order valence-corrected chi connectivity index (χ0v) is 10.4. The highest BCUT2D eigenvalue weighted by atomic mass is 32.2. The largest absolute Gasteiger partial charge is 0.379 e. The number of amides is 1. The number of sulfonamides is 1. The molecule has 0 bridgehead atoms. The molecule has 6 nitrogen and oxygen atoms in total. The molecule has 7 heteroatoms. The van der Waals surface area contributed by atoms with Crippen molar-refractivity contribution < 1.29 is 17.9 Å². The summed E-state index contributed by atoms with van der Waals surface area (Å²) >= 11 is 0. The molecule has 0 aliphatic carbocycles. The van der Waals surface area contributed by atoms with Crippen LogP contribution in [0.2, 0.25) is 0 Å². The SMILES string of the molecule is O=C1c2ccccc2S(=O)(=O)N1N1CCOCC1. The summed E-state index contributed by atoms with van der Waals surface area (Å²) in [5.41, 5.74) is 0.240. The summed E-state index contributed by atoms with van der Waals surface area (Å²) in [7, 11) is -3.74. The molecule has 0 atom stereocenters. The maximum atomic E-state index is 12.3. The molecule has 3 rings (SSSR count). The minimum Gasteiger partial charge on any atom is -0.379 e. The third-order valence-corrected chi connectivity index (χ3v) is 4.81. The van der Waals surface area contributed by atoms with Gasteiger partial charge in [-0.25, -0.2) is 0 Å². The standard InChI is InChI=1S/C11H12N2O4S/c14-11-9-3-1-2-4-10(9)18(15,16)13(11)12-5-7-17-8-6-12/h1-4H,5-8H2. The van der Waals surface area contributed by atoms with Crippen molar-refractivity contribution in [2.45, 2.75) is 4.90 Å². The third-order valence-electron chi connectivity index (χ3n) is 3.04. The maximum Gasteiger partial charge on any atom is 0.284 e. The van der Waals surface area contributed by atoms with Gasteiger partial charge in [-0.05, 0) is 12.1 Å². The first-order valence-corrected chi connectivity index (χ1v) is 7.07. The van der Waals surface area contributed by atoms with Crippen molar-refractivity contribution in [1.29, 1.82) is 0 Å². The lowest BCUT2D eigenvalue weighted by Crippen LogP contribution is -2.51. The highest BCUT2D eigenvalue weighted by Gasteiger charge is 2.44. The zero-order chi connectivity index (χ0) is 12.8. The molecule has 0 N–H and O–H groups in total. The van der Waals surface area contributed by atoms with E-state index in [1.54, 1.807) is 12.1 Å². The molecular formula is C11H12N2O4S. The highest BCUT2D eigenvalue weighted by molar-refractivity contribution is 7.90. The molecule has 0 radical (unpaired) electrons. The average molecular weight is 268 g/mol. The maximum absolute atomic E-state index is 12.3. The van der Waals surface area contributed by atoms with E-state index in [4.69, 9.17) is 4.74 Å². The number of hydrogen-bond acceptors (Lipinski definition) is 5. The van der Waals surface area contributed by atoms with E-state index in [-0.39, 0.29) is 10.5 Å². The van der Waals surface area contributed by atoms with Crippen LogP contribution in [0.3, 0.4) is 0 Å². The third kappa shape index (κ3) is 1.55. The predicted octanol–water partition coefficient (Wildman–Crippen LogP) is 0.0783. The Labute approximate surface area is 105 Å². The van der Waals surface area contributed by atoms with E-state index in [0.29, 0.717) is 26.3 Å². The number of hydrogen-bond donors (Lipinski definition) is 0. The van der Waals surface area contributed by atoms with Gasteiger partial charge in [0.1, 0.15) is 4.90 Å². The fourth-order valence-corrected chi connectivity index (χ4v) is 3.84. The molecule has 1 amide bonds. The van der Waals surface area contributed by atoms with Crippen LogP contribution in [0.5, 0.6) is 0 Å². The van der Waals surface area contributed by atoms with Crippen LogP contribution in [0.15, 0.2) is 29.2 Å². The van der Waals surface area contributed by atoms with E-state index < -0.39 is 15.9 Å². The van der Waals surface area contributed by atoms with Gasteiger partial charge in [-0.2, -0.15) is 17.8 Å². The Morgan fingerprint density at radius 3 is 2.44 bits per heavy atom. The van der Waals surface area contributed by atoms with Crippen LogP contribution in [0.1, 0.15) is 10.4 Å². The summed E-state index contributed by atoms with van der Waals surface area (Å²) in [6, 6.07) is 6.28. The molecule has 0 spiro atoms. The van der Waals surface area contributed by atoms with Gasteiger partial charge < -0.3 is 4.74 Å². The number of hydrazine groups is 1. The Morgan fingerprint density at radius 2 is 1.78 bits per heavy atom. The molecule has 18 heavy (non-hydrogen) atoms. The van der Waals surface area contributed by atoms with Gasteiger partial charge in [0.2, 0.25) is 0 Å². The number of nitrogens with zero attached hydrogens (tertiary/aromatic N) is 2. The van der Waals surface area contributed by atoms with E-state index in [2.05, 4.69) is 0 Å². The van der Waals surface area contributed by atoms with Crippen LogP contribution >= 0.6 is 0 Å². The van der Waals surface area contributed by atoms with E-state index in [0.717, 1.165) is 4.41 Å². The van der Waals surface area contributed by atoms with Crippen molar-refractivity contribution in [2.75, 3.05) is 26.3 Å². The van der Waals surface area contributed by atoms with Crippen molar-refractivity contribution in [1.82, 2.24) is 9.42 Å². The second-order valence-corrected chi connectivity index (χ2v) is 5.85. The van der Waals surface area contributed by atoms with Crippen LogP contribution in [-0.2, 0) is 14.8 Å². The van der Waals surface area contributed by atoms with E-state index >= 15 is 0 Å². The van der Waals surface area contributed by atoms with Crippen molar-refractivity contribution in [3.63, 3.8) is 0 Å². The molecule has 2 aliphatic rings. The molecule has 1 saturated heterocycles. The summed E-state index contributed by atoms with van der Waals surface area (Å²) in [5.74, 6) is -0.479. The van der Waals surface area contributed by atoms with Gasteiger partial charge in [0, 0.05) is 13.1 Å². The molecule has 2 aliphatic heterocycles. The number of morpholine rings is 1. The van der Waals surface area contributed by atoms with Gasteiger partial charge in [-0.15, -0.1) is 0 Å². The summed E-state index contributed by atoms with van der Waals surface area (Å²) in [6.45, 7) is 1.66. The van der Waals surface area contributed by atoms with E-state index in [9.17, 15) is 13.2 Å². The van der Waals surface area contributed by atoms with Gasteiger partial charge >= 0.3 is 0 Å². The molecule has 0 unspecified atom stereocenters. The molecule has 1 aromatic rings. The summed E-state index contributed by atoms with van der Waals surface area (Å²) in [6.07, 6.45) is 0. The smallest absolute Gasteiger partial charge is 0.284 e. The first kappa shape index (κ1) is 11.6. The highest BCUT2D eigenvalue weighted by Crippen LogP contribution is 2.31. The van der Waals surface area contributed by atoms with E-state index in [1.807, 2.05) is 0 Å². The molecule has 96 valence electrons. The number of carbonyl (C=O) groups is 1. The summed E-state index contributed by atoms with van der Waals surface area (Å²) < 4.78 is 30.7. The predicted molar refractivity (Wildman–Crippen MR) is 62.2 cm³/mol. The molecule has 1 aromatic carbocycles. The van der Waals surface area contributed by atoms with Gasteiger partial charge in [0.15, 0.2) is 0 Å². The van der Waals surface area contributed by atoms with E-state index in [1.165, 1.54) is 17.1 Å². The van der Waals surface area contributed by atoms with Crippen molar-refractivity contribution >= 4 is 15.9 Å². The lowest BCUT2D eigenvalue weighted by molar-refractivity contribution is -0.0300. The van der Waals surface area contributed by atoms with Gasteiger partial charge in [0.25, 0.3) is 15.9 Å². The average Bonchev–Trinajstić information content (AvgIpc) is 2.59. The van der Waals surface area contributed by atoms with Crippen LogP contribution in [-0.4, -0.2) is 50.1 Å². The first-order chi connectivity index (χ1) is 8.62. The monoisotopic (exact) mass is 268 g/mol. The molecular weight excluding hydrogens is 256 g/mol. The quantitative estimate of drug-likeness (QED) is 0.721. The second-order valence-electron chi connectivity index (χ2n) is 4.12. The second kappa shape index (κ2) is 4.04. The Balaban J connectivity index is 2.06. The van der Waals surface area contributed by atoms with Crippen LogP contribution in [0.4, 0.5) is 0 Å². The zero-order valence-electron chi connectivity index (χ0n) is 9.57. The summed E-state index contributed by atoms with van der Waals surface area (Å²) in [5, 5.41) is 1.53. The fourth-order valence-electron chi connectivity index (χ4n) is 2.19. The first-order valence-electron chi connectivity index (χ1n) is 5.63. The van der Waals surface area contributed by atoms with Gasteiger partial charge in [-0.3, -0.25) is 4.79 Å². The number of fused-ring (bicyclic) bond motifs is 1. The normalized spacial score (nSPS) is 23.1. The van der Waals surface area contributed by atoms with Gasteiger partial charge in [0.05, 0.1) is 18.8 Å². The Kier molecular flexibility index (Phi) is 2.61. The van der Waals surface area contributed by atoms with Crippen molar-refractivity contribution in [3.05, 3.63) is 29.8 Å². The van der Waals surface area contributed by atoms with Crippen LogP contribution in [0, 0.1) is 0 Å². The Hall–Kier alpha value is -1.44. The van der Waals surface area contributed by atoms with Crippen LogP contribution < -0.4 is 0 Å². The lowest BCUT2D eigenvalue weighted by Gasteiger charge is -2.32. The Bertz CT molecular complexity index is 593. The minimum absolute atomic E-state index is 0.0847. The molecule has 0 aromatic heterocycles. The molecule has 2 heterocycles. The lowest BCUT2D eigenvalue weighted by atomic mass is 10.2. The topological polar surface area (TPSA) is 66.9 Å². The number of benzene rings is 1. The van der Waals surface area contributed by atoms with Crippen molar-refractivity contribution in [2.24, 2.45) is 0 Å².